The van der Waals surface area contributed by atoms with Gasteiger partial charge in [0.1, 0.15) is 11.5 Å². The highest BCUT2D eigenvalue weighted by Gasteiger charge is 2.33. The highest BCUT2D eigenvalue weighted by Crippen LogP contribution is 2.45. The number of nitrogens with zero attached hydrogens (tertiary/aromatic N) is 1. The molecule has 0 saturated carbocycles. The molecule has 0 aliphatic rings. The lowest BCUT2D eigenvalue weighted by Gasteiger charge is -2.27. The fraction of sp³-hybridized carbons (Fsp3) is 0.750. The number of thioether (sulfide) groups is 1. The lowest BCUT2D eigenvalue weighted by Crippen LogP contribution is -2.37. The maximum atomic E-state index is 13.5. The summed E-state index contributed by atoms with van der Waals surface area (Å²) in [5.41, 5.74) is -0.945. The maximum Gasteiger partial charge on any atom is 0.406 e. The minimum Gasteiger partial charge on any atom is -0.462 e. The van der Waals surface area contributed by atoms with Crippen LogP contribution >= 0.6 is 31.1 Å². The zero-order valence-electron chi connectivity index (χ0n) is 24.1. The van der Waals surface area contributed by atoms with E-state index in [1.807, 2.05) is 5.32 Å². The molecule has 0 bridgehead atoms. The number of amides is 2. The number of esters is 1. The van der Waals surface area contributed by atoms with Gasteiger partial charge in [0.25, 0.3) is 5.91 Å². The molecule has 0 rings (SSSR count). The van der Waals surface area contributed by atoms with Gasteiger partial charge < -0.3 is 14.4 Å². The first kappa shape index (κ1) is 37.5. The zero-order valence-corrected chi connectivity index (χ0v) is 26.6. The minimum absolute atomic E-state index is 0.0478. The maximum absolute atomic E-state index is 13.5. The van der Waals surface area contributed by atoms with Crippen molar-refractivity contribution < 1.29 is 42.3 Å². The molecule has 2 N–H and O–H groups in total. The summed E-state index contributed by atoms with van der Waals surface area (Å²) in [7, 11) is -1.00. The molecule has 4 atom stereocenters. The Morgan fingerprint density at radius 2 is 1.77 bits per heavy atom. The van der Waals surface area contributed by atoms with Crippen LogP contribution in [0.2, 0.25) is 0 Å². The van der Waals surface area contributed by atoms with Crippen molar-refractivity contribution in [2.75, 3.05) is 33.1 Å². The van der Waals surface area contributed by atoms with Crippen LogP contribution < -0.4 is 10.4 Å². The summed E-state index contributed by atoms with van der Waals surface area (Å²) in [4.78, 5) is 48.2. The molecule has 4 unspecified atom stereocenters. The summed E-state index contributed by atoms with van der Waals surface area (Å²) in [6.45, 7) is 11.5. The number of carbonyl (C=O) groups is 4. The number of carbonyl (C=O) groups excluding carboxylic acids is 4. The van der Waals surface area contributed by atoms with E-state index in [1.165, 1.54) is 27.2 Å². The van der Waals surface area contributed by atoms with E-state index in [4.69, 9.17) is 30.1 Å². The predicted molar refractivity (Wildman–Crippen MR) is 151 cm³/mol. The largest absolute Gasteiger partial charge is 0.462 e. The van der Waals surface area contributed by atoms with E-state index in [-0.39, 0.29) is 48.6 Å². The minimum atomic E-state index is -4.06. The summed E-state index contributed by atoms with van der Waals surface area (Å²) in [6.07, 6.45) is 0.920. The fourth-order valence-electron chi connectivity index (χ4n) is 2.65. The van der Waals surface area contributed by atoms with E-state index in [1.54, 1.807) is 46.6 Å². The molecule has 0 fully saturated rings. The van der Waals surface area contributed by atoms with Gasteiger partial charge in [-0.05, 0) is 27.7 Å². The van der Waals surface area contributed by atoms with Crippen LogP contribution in [0.4, 0.5) is 0 Å². The number of imide groups is 1. The fourth-order valence-corrected chi connectivity index (χ4v) is 5.31. The number of hydrogen-bond donors (Lipinski definition) is 2. The predicted octanol–water partition coefficient (Wildman–Crippen LogP) is 3.44. The molecule has 0 spiro atoms. The van der Waals surface area contributed by atoms with Crippen LogP contribution in [-0.4, -0.2) is 85.2 Å². The quantitative estimate of drug-likeness (QED) is 0.0442. The molecule has 0 aliphatic heterocycles. The first-order valence-corrected chi connectivity index (χ1v) is 15.3. The molecule has 15 heteroatoms. The van der Waals surface area contributed by atoms with Crippen molar-refractivity contribution in [3.05, 3.63) is 11.8 Å². The van der Waals surface area contributed by atoms with Crippen molar-refractivity contribution >= 4 is 54.5 Å². The molecular formula is C24H43ClN3O9PS. The summed E-state index contributed by atoms with van der Waals surface area (Å²) in [6, 6.07) is -1.01. The number of halogens is 1. The van der Waals surface area contributed by atoms with Crippen LogP contribution in [0.25, 0.3) is 0 Å². The third-order valence-corrected chi connectivity index (χ3v) is 8.30. The molecule has 0 saturated heterocycles. The van der Waals surface area contributed by atoms with E-state index in [0.29, 0.717) is 0 Å². The topological polar surface area (TPSA) is 150 Å². The van der Waals surface area contributed by atoms with Crippen LogP contribution in [0.15, 0.2) is 11.8 Å². The molecule has 39 heavy (non-hydrogen) atoms. The molecule has 226 valence electrons. The van der Waals surface area contributed by atoms with E-state index in [9.17, 15) is 23.7 Å². The highest BCUT2D eigenvalue weighted by molar-refractivity contribution is 8.13. The van der Waals surface area contributed by atoms with Gasteiger partial charge in [0, 0.05) is 43.5 Å². The van der Waals surface area contributed by atoms with Gasteiger partial charge in [0.05, 0.1) is 25.4 Å². The Balaban J connectivity index is 5.37. The molecule has 0 heterocycles. The van der Waals surface area contributed by atoms with Gasteiger partial charge in [-0.25, -0.2) is 9.65 Å². The van der Waals surface area contributed by atoms with E-state index >= 15 is 0 Å². The van der Waals surface area contributed by atoms with Crippen molar-refractivity contribution in [1.29, 1.82) is 0 Å². The molecule has 0 aliphatic carbocycles. The molecule has 0 radical (unpaired) electrons. The lowest BCUT2D eigenvalue weighted by molar-refractivity contribution is -0.149. The Hall–Kier alpha value is -1.47. The number of nitrogens with one attached hydrogen (secondary N) is 2. The average Bonchev–Trinajstić information content (AvgIpc) is 2.83. The van der Waals surface area contributed by atoms with Crippen molar-refractivity contribution in [1.82, 2.24) is 15.3 Å². The van der Waals surface area contributed by atoms with Crippen molar-refractivity contribution in [2.24, 2.45) is 5.41 Å². The lowest BCUT2D eigenvalue weighted by atomic mass is 10.00. The standard InChI is InChI=1S/C24H43ClN3O9PS/c1-16(2)37-22(31)18(4)27-38(33,35-10-11-39-23(32)24(5,6)7)36-14-19(34-9)12-20(25)28(8)13-17(3)21(30)26-15-29/h13,15-16,18-20H,10-12,14H2,1-9H3,(H,27,33)(H,26,29,30)/b17-13-. The summed E-state index contributed by atoms with van der Waals surface area (Å²) in [5, 5.41) is 4.58. The molecule has 0 aromatic heterocycles. The van der Waals surface area contributed by atoms with Crippen LogP contribution in [-0.2, 0) is 42.3 Å². The second-order valence-corrected chi connectivity index (χ2v) is 13.3. The summed E-state index contributed by atoms with van der Waals surface area (Å²) < 4.78 is 35.3. The Morgan fingerprint density at radius 3 is 2.28 bits per heavy atom. The Kier molecular flexibility index (Phi) is 17.4. The van der Waals surface area contributed by atoms with Crippen LogP contribution in [0, 0.1) is 5.41 Å². The molecule has 12 nitrogen and oxygen atoms in total. The van der Waals surface area contributed by atoms with Gasteiger partial charge in [-0.1, -0.05) is 44.1 Å². The van der Waals surface area contributed by atoms with Gasteiger partial charge in [0.15, 0.2) is 5.12 Å². The van der Waals surface area contributed by atoms with Gasteiger partial charge >= 0.3 is 13.7 Å². The first-order valence-electron chi connectivity index (χ1n) is 12.3. The monoisotopic (exact) mass is 615 g/mol. The van der Waals surface area contributed by atoms with Gasteiger partial charge in [-0.2, -0.15) is 0 Å². The first-order chi connectivity index (χ1) is 18.0. The third-order valence-electron chi connectivity index (χ3n) is 4.86. The van der Waals surface area contributed by atoms with E-state index in [2.05, 4.69) is 5.09 Å². The second-order valence-electron chi connectivity index (χ2n) is 9.95. The molecule has 0 aromatic carbocycles. The van der Waals surface area contributed by atoms with Crippen LogP contribution in [0.3, 0.4) is 0 Å². The van der Waals surface area contributed by atoms with Crippen molar-refractivity contribution in [2.45, 2.75) is 78.6 Å². The van der Waals surface area contributed by atoms with Gasteiger partial charge in [-0.3, -0.25) is 33.5 Å². The Morgan fingerprint density at radius 1 is 1.15 bits per heavy atom. The number of methoxy groups -OCH3 is 1. The van der Waals surface area contributed by atoms with Gasteiger partial charge in [-0.15, -0.1) is 0 Å². The number of hydrogen-bond acceptors (Lipinski definition) is 11. The highest BCUT2D eigenvalue weighted by atomic mass is 35.5. The number of ether oxygens (including phenoxy) is 2. The second kappa shape index (κ2) is 18.1. The summed E-state index contributed by atoms with van der Waals surface area (Å²) >= 11 is 7.50. The van der Waals surface area contributed by atoms with Crippen molar-refractivity contribution in [3.8, 4) is 0 Å². The van der Waals surface area contributed by atoms with Crippen molar-refractivity contribution in [3.63, 3.8) is 0 Å². The smallest absolute Gasteiger partial charge is 0.406 e. The molecule has 2 amide bonds. The Bertz CT molecular complexity index is 899. The summed E-state index contributed by atoms with van der Waals surface area (Å²) in [5.74, 6) is -0.980. The third kappa shape index (κ3) is 15.8. The van der Waals surface area contributed by atoms with Crippen LogP contribution in [0.5, 0.6) is 0 Å². The van der Waals surface area contributed by atoms with Gasteiger partial charge in [0.2, 0.25) is 6.41 Å². The van der Waals surface area contributed by atoms with E-state index in [0.717, 1.165) is 11.8 Å². The SMILES string of the molecule is COC(COP(=O)(NC(C)C(=O)OC(C)C)OCCSC(=O)C(C)(C)C)CC(Cl)N(C)/C=C(/C)C(=O)NC=O. The number of alkyl halides is 1. The average molecular weight is 616 g/mol. The zero-order chi connectivity index (χ0) is 30.4. The molecular weight excluding hydrogens is 573 g/mol. The Labute approximate surface area is 240 Å². The number of rotatable bonds is 18. The van der Waals surface area contributed by atoms with E-state index < -0.39 is 42.7 Å². The van der Waals surface area contributed by atoms with Crippen LogP contribution in [0.1, 0.15) is 54.9 Å². The normalized spacial score (nSPS) is 16.1. The molecule has 0 aromatic rings.